The first-order valence-electron chi connectivity index (χ1n) is 5.99. The number of aliphatic hydroxyl groups is 1. The molecule has 1 aromatic rings. The minimum atomic E-state index is -1.07. The Labute approximate surface area is 126 Å². The predicted molar refractivity (Wildman–Crippen MR) is 75.7 cm³/mol. The highest BCUT2D eigenvalue weighted by molar-refractivity contribution is 6.35. The number of imide groups is 1. The van der Waals surface area contributed by atoms with Gasteiger partial charge >= 0.3 is 6.03 Å². The molecule has 0 radical (unpaired) electrons. The van der Waals surface area contributed by atoms with Crippen molar-refractivity contribution >= 4 is 35.1 Å². The molecule has 0 bridgehead atoms. The molecule has 1 atom stereocenters. The number of benzene rings is 1. The van der Waals surface area contributed by atoms with E-state index < -0.39 is 17.7 Å². The Morgan fingerprint density at radius 2 is 2.00 bits per heavy atom. The number of carbonyl (C=O) groups excluding carboxylic acids is 2. The van der Waals surface area contributed by atoms with E-state index in [1.807, 2.05) is 0 Å². The second kappa shape index (κ2) is 5.24. The fraction of sp³-hybridized carbons (Fsp3) is 0.385. The van der Waals surface area contributed by atoms with Crippen LogP contribution in [0.5, 0.6) is 0 Å². The van der Waals surface area contributed by atoms with Crippen LogP contribution in [0.25, 0.3) is 0 Å². The van der Waals surface area contributed by atoms with Crippen LogP contribution in [0.15, 0.2) is 18.2 Å². The first kappa shape index (κ1) is 15.1. The van der Waals surface area contributed by atoms with Crippen molar-refractivity contribution in [2.45, 2.75) is 25.5 Å². The van der Waals surface area contributed by atoms with Gasteiger partial charge in [-0.3, -0.25) is 9.69 Å². The number of halogens is 2. The first-order valence-corrected chi connectivity index (χ1v) is 6.75. The van der Waals surface area contributed by atoms with Crippen molar-refractivity contribution in [1.82, 2.24) is 10.2 Å². The molecule has 1 unspecified atom stereocenters. The topological polar surface area (TPSA) is 69.6 Å². The van der Waals surface area contributed by atoms with Gasteiger partial charge < -0.3 is 10.4 Å². The minimum absolute atomic E-state index is 0.157. The lowest BCUT2D eigenvalue weighted by Crippen LogP contribution is -2.40. The number of rotatable bonds is 3. The van der Waals surface area contributed by atoms with Gasteiger partial charge in [0, 0.05) is 15.6 Å². The summed E-state index contributed by atoms with van der Waals surface area (Å²) in [7, 11) is 0. The summed E-state index contributed by atoms with van der Waals surface area (Å²) in [6.45, 7) is 3.05. The molecule has 108 valence electrons. The number of hydrogen-bond donors (Lipinski definition) is 2. The summed E-state index contributed by atoms with van der Waals surface area (Å²) in [6.07, 6.45) is -1.07. The number of β-amino-alcohol motifs (C(OH)–C–C–N with tert-alkyl or cyclic N) is 1. The summed E-state index contributed by atoms with van der Waals surface area (Å²) in [5, 5.41) is 13.4. The van der Waals surface area contributed by atoms with Gasteiger partial charge in [-0.1, -0.05) is 29.3 Å². The maximum absolute atomic E-state index is 12.0. The highest BCUT2D eigenvalue weighted by Gasteiger charge is 2.44. The Kier molecular flexibility index (Phi) is 3.95. The SMILES string of the molecule is CC1(C)NC(=O)N(CC(O)c2ccc(Cl)cc2Cl)C1=O. The number of hydrogen-bond acceptors (Lipinski definition) is 3. The molecule has 3 amide bonds. The van der Waals surface area contributed by atoms with Crippen molar-refractivity contribution in [2.24, 2.45) is 0 Å². The molecule has 0 spiro atoms. The van der Waals surface area contributed by atoms with Crippen molar-refractivity contribution in [2.75, 3.05) is 6.54 Å². The largest absolute Gasteiger partial charge is 0.386 e. The monoisotopic (exact) mass is 316 g/mol. The van der Waals surface area contributed by atoms with Gasteiger partial charge in [-0.25, -0.2) is 4.79 Å². The molecule has 5 nitrogen and oxygen atoms in total. The van der Waals surface area contributed by atoms with Crippen LogP contribution in [-0.2, 0) is 4.79 Å². The van der Waals surface area contributed by atoms with E-state index in [1.165, 1.54) is 6.07 Å². The van der Waals surface area contributed by atoms with E-state index in [1.54, 1.807) is 26.0 Å². The van der Waals surface area contributed by atoms with E-state index in [0.717, 1.165) is 4.90 Å². The van der Waals surface area contributed by atoms with Crippen LogP contribution in [-0.4, -0.2) is 34.0 Å². The number of carbonyl (C=O) groups is 2. The second-order valence-corrected chi connectivity index (χ2v) is 6.00. The van der Waals surface area contributed by atoms with Gasteiger partial charge in [-0.15, -0.1) is 0 Å². The lowest BCUT2D eigenvalue weighted by molar-refractivity contribution is -0.131. The van der Waals surface area contributed by atoms with Crippen molar-refractivity contribution in [3.63, 3.8) is 0 Å². The standard InChI is InChI=1S/C13H14Cl2N2O3/c1-13(2)11(19)17(12(20)16-13)6-10(18)8-4-3-7(14)5-9(8)15/h3-5,10,18H,6H2,1-2H3,(H,16,20). The third-order valence-electron chi connectivity index (χ3n) is 3.12. The molecule has 1 heterocycles. The van der Waals surface area contributed by atoms with E-state index in [9.17, 15) is 14.7 Å². The van der Waals surface area contributed by atoms with Crippen LogP contribution in [0, 0.1) is 0 Å². The predicted octanol–water partition coefficient (Wildman–Crippen LogP) is 2.36. The van der Waals surface area contributed by atoms with Crippen molar-refractivity contribution in [3.05, 3.63) is 33.8 Å². The number of nitrogens with one attached hydrogen (secondary N) is 1. The zero-order valence-corrected chi connectivity index (χ0v) is 12.5. The number of aliphatic hydroxyl groups excluding tert-OH is 1. The second-order valence-electron chi connectivity index (χ2n) is 5.15. The van der Waals surface area contributed by atoms with Crippen molar-refractivity contribution in [1.29, 1.82) is 0 Å². The smallest absolute Gasteiger partial charge is 0.325 e. The molecule has 1 aromatic carbocycles. The molecule has 0 aliphatic carbocycles. The molecule has 1 saturated heterocycles. The minimum Gasteiger partial charge on any atom is -0.386 e. The Morgan fingerprint density at radius 3 is 2.50 bits per heavy atom. The third kappa shape index (κ3) is 2.75. The molecule has 0 aromatic heterocycles. The third-order valence-corrected chi connectivity index (χ3v) is 3.68. The summed E-state index contributed by atoms with van der Waals surface area (Å²) >= 11 is 11.8. The molecular weight excluding hydrogens is 303 g/mol. The Bertz CT molecular complexity index is 575. The average molecular weight is 317 g/mol. The fourth-order valence-corrected chi connectivity index (χ4v) is 2.56. The van der Waals surface area contributed by atoms with Crippen LogP contribution >= 0.6 is 23.2 Å². The molecule has 1 aliphatic rings. The zero-order chi connectivity index (χ0) is 15.1. The number of urea groups is 1. The highest BCUT2D eigenvalue weighted by Crippen LogP contribution is 2.28. The summed E-state index contributed by atoms with van der Waals surface area (Å²) in [6, 6.07) is 4.13. The maximum atomic E-state index is 12.0. The fourth-order valence-electron chi connectivity index (χ4n) is 2.03. The van der Waals surface area contributed by atoms with Crippen LogP contribution < -0.4 is 5.32 Å². The van der Waals surface area contributed by atoms with Crippen LogP contribution in [0.4, 0.5) is 4.79 Å². The van der Waals surface area contributed by atoms with E-state index >= 15 is 0 Å². The van der Waals surface area contributed by atoms with Gasteiger partial charge in [0.2, 0.25) is 0 Å². The molecule has 0 saturated carbocycles. The first-order chi connectivity index (χ1) is 9.22. The molecule has 2 N–H and O–H groups in total. The van der Waals surface area contributed by atoms with Gasteiger partial charge in [0.05, 0.1) is 12.6 Å². The number of nitrogens with zero attached hydrogens (tertiary/aromatic N) is 1. The van der Waals surface area contributed by atoms with E-state index in [-0.39, 0.29) is 17.5 Å². The summed E-state index contributed by atoms with van der Waals surface area (Å²) in [5.74, 6) is -0.383. The Balaban J connectivity index is 2.18. The quantitative estimate of drug-likeness (QED) is 0.841. The van der Waals surface area contributed by atoms with Gasteiger partial charge in [0.15, 0.2) is 0 Å². The highest BCUT2D eigenvalue weighted by atomic mass is 35.5. The number of amides is 3. The van der Waals surface area contributed by atoms with E-state index in [2.05, 4.69) is 5.32 Å². The summed E-state index contributed by atoms with van der Waals surface area (Å²) < 4.78 is 0. The molecular formula is C13H14Cl2N2O3. The van der Waals surface area contributed by atoms with Crippen LogP contribution in [0.2, 0.25) is 10.0 Å². The van der Waals surface area contributed by atoms with Crippen molar-refractivity contribution < 1.29 is 14.7 Å². The summed E-state index contributed by atoms with van der Waals surface area (Å²) in [4.78, 5) is 24.7. The molecule has 2 rings (SSSR count). The molecule has 1 fully saturated rings. The van der Waals surface area contributed by atoms with Gasteiger partial charge in [-0.05, 0) is 26.0 Å². The zero-order valence-electron chi connectivity index (χ0n) is 11.0. The maximum Gasteiger partial charge on any atom is 0.325 e. The molecule has 1 aliphatic heterocycles. The van der Waals surface area contributed by atoms with E-state index in [4.69, 9.17) is 23.2 Å². The average Bonchev–Trinajstić information content (AvgIpc) is 2.51. The van der Waals surface area contributed by atoms with Gasteiger partial charge in [0.1, 0.15) is 5.54 Å². The van der Waals surface area contributed by atoms with Crippen LogP contribution in [0.1, 0.15) is 25.5 Å². The van der Waals surface area contributed by atoms with Crippen molar-refractivity contribution in [3.8, 4) is 0 Å². The van der Waals surface area contributed by atoms with E-state index in [0.29, 0.717) is 10.6 Å². The van der Waals surface area contributed by atoms with Gasteiger partial charge in [0.25, 0.3) is 5.91 Å². The summed E-state index contributed by atoms with van der Waals surface area (Å²) in [5.41, 5.74) is -0.540. The normalized spacial score (nSPS) is 19.1. The lowest BCUT2D eigenvalue weighted by atomic mass is 10.1. The lowest BCUT2D eigenvalue weighted by Gasteiger charge is -2.20. The van der Waals surface area contributed by atoms with Gasteiger partial charge in [-0.2, -0.15) is 0 Å². The Morgan fingerprint density at radius 1 is 1.35 bits per heavy atom. The Hall–Kier alpha value is -1.30. The molecule has 20 heavy (non-hydrogen) atoms. The molecule has 7 heteroatoms. The van der Waals surface area contributed by atoms with Crippen LogP contribution in [0.3, 0.4) is 0 Å².